The number of aromatic nitrogens is 2. The van der Waals surface area contributed by atoms with E-state index in [2.05, 4.69) is 27.9 Å². The number of carbonyl (C=O) groups excluding carboxylic acids is 1. The Labute approximate surface area is 155 Å². The van der Waals surface area contributed by atoms with Crippen molar-refractivity contribution in [2.24, 2.45) is 0 Å². The van der Waals surface area contributed by atoms with E-state index in [0.717, 1.165) is 54.2 Å². The summed E-state index contributed by atoms with van der Waals surface area (Å²) in [6.07, 6.45) is 5.92. The van der Waals surface area contributed by atoms with Crippen molar-refractivity contribution in [3.05, 3.63) is 43.1 Å². The molecule has 0 aliphatic carbocycles. The topological polar surface area (TPSA) is 49.3 Å². The Morgan fingerprint density at radius 3 is 2.88 bits per heavy atom. The Bertz CT molecular complexity index is 756. The van der Waals surface area contributed by atoms with E-state index in [9.17, 15) is 4.79 Å². The maximum absolute atomic E-state index is 11.8. The minimum absolute atomic E-state index is 0. The van der Waals surface area contributed by atoms with E-state index < -0.39 is 0 Å². The van der Waals surface area contributed by atoms with E-state index >= 15 is 0 Å². The van der Waals surface area contributed by atoms with Gasteiger partial charge in [0.2, 0.25) is 5.91 Å². The minimum Gasteiger partial charge on any atom is -0.386 e. The van der Waals surface area contributed by atoms with Crippen molar-refractivity contribution in [3.63, 3.8) is 0 Å². The van der Waals surface area contributed by atoms with E-state index in [-0.39, 0.29) is 25.4 Å². The molecule has 1 aliphatic rings. The third-order valence-corrected chi connectivity index (χ3v) is 4.15. The molecule has 2 aromatic rings. The van der Waals surface area contributed by atoms with Gasteiger partial charge in [0, 0.05) is 24.7 Å². The summed E-state index contributed by atoms with van der Waals surface area (Å²) in [5, 5.41) is 1.02. The molecule has 1 amide bonds. The molecule has 5 nitrogen and oxygen atoms in total. The monoisotopic (exact) mass is 411 g/mol. The average Bonchev–Trinajstić information content (AvgIpc) is 2.59. The van der Waals surface area contributed by atoms with Crippen LogP contribution in [-0.2, 0) is 24.3 Å². The van der Waals surface area contributed by atoms with Gasteiger partial charge in [0.05, 0.1) is 5.52 Å². The zero-order chi connectivity index (χ0) is 16.4. The molecule has 1 saturated heterocycles. The molecule has 0 saturated carbocycles. The number of benzene rings is 1. The first-order valence-electron chi connectivity index (χ1n) is 7.85. The van der Waals surface area contributed by atoms with Crippen LogP contribution in [0.1, 0.15) is 18.7 Å². The molecule has 0 N–H and O–H groups in total. The molecule has 1 aromatic carbocycles. The second-order valence-electron chi connectivity index (χ2n) is 5.77. The van der Waals surface area contributed by atoms with E-state index in [1.165, 1.54) is 6.08 Å². The van der Waals surface area contributed by atoms with Crippen molar-refractivity contribution in [1.82, 2.24) is 9.97 Å². The molecule has 127 valence electrons. The Balaban J connectivity index is 0.00000208. The molecule has 3 rings (SSSR count). The summed E-state index contributed by atoms with van der Waals surface area (Å²) < 4.78 is 0. The molecule has 0 atom stereocenters. The molecule has 1 aliphatic heterocycles. The van der Waals surface area contributed by atoms with Gasteiger partial charge in [-0.2, -0.15) is 6.42 Å². The molecule has 6 heteroatoms. The number of nitrogens with zero attached hydrogens (tertiary/aromatic N) is 4. The van der Waals surface area contributed by atoms with Crippen LogP contribution in [0.15, 0.2) is 30.9 Å². The molecular formula is C18H21N4ORu. The number of hydrogen-bond donors (Lipinski definition) is 0. The fourth-order valence-electron chi connectivity index (χ4n) is 2.89. The molecular weight excluding hydrogens is 389 g/mol. The van der Waals surface area contributed by atoms with Crippen LogP contribution in [0.25, 0.3) is 10.9 Å². The predicted octanol–water partition coefficient (Wildman–Crippen LogP) is 2.89. The zero-order valence-corrected chi connectivity index (χ0v) is 15.7. The van der Waals surface area contributed by atoms with Gasteiger partial charge in [-0.25, -0.2) is 9.97 Å². The molecule has 24 heavy (non-hydrogen) atoms. The Hall–Kier alpha value is -1.81. The smallest absolute Gasteiger partial charge is 0.386 e. The molecule has 1 aromatic heterocycles. The fourth-order valence-corrected chi connectivity index (χ4v) is 2.89. The van der Waals surface area contributed by atoms with Crippen LogP contribution in [0.2, 0.25) is 0 Å². The van der Waals surface area contributed by atoms with Gasteiger partial charge >= 0.3 is 19.5 Å². The van der Waals surface area contributed by atoms with Crippen LogP contribution in [0, 0.1) is 13.3 Å². The molecule has 0 spiro atoms. The van der Waals surface area contributed by atoms with E-state index in [4.69, 9.17) is 0 Å². The van der Waals surface area contributed by atoms with Gasteiger partial charge in [-0.15, -0.1) is 6.54 Å². The average molecular weight is 410 g/mol. The zero-order valence-electron chi connectivity index (χ0n) is 14.0. The van der Waals surface area contributed by atoms with Crippen LogP contribution < -0.4 is 9.80 Å². The molecule has 0 unspecified atom stereocenters. The number of hydrogen-bond acceptors (Lipinski definition) is 4. The second kappa shape index (κ2) is 7.84. The van der Waals surface area contributed by atoms with Crippen LogP contribution in [0.4, 0.5) is 11.5 Å². The molecule has 1 radical (unpaired) electrons. The third kappa shape index (κ3) is 3.64. The number of fused-ring (bicyclic) bond motifs is 1. The van der Waals surface area contributed by atoms with Gasteiger partial charge in [-0.1, -0.05) is 13.0 Å². The largest absolute Gasteiger partial charge is 1.00 e. The first-order valence-corrected chi connectivity index (χ1v) is 7.85. The van der Waals surface area contributed by atoms with Crippen LogP contribution in [0.3, 0.4) is 0 Å². The summed E-state index contributed by atoms with van der Waals surface area (Å²) in [5.74, 6) is 1.58. The van der Waals surface area contributed by atoms with Crippen molar-refractivity contribution in [2.45, 2.75) is 19.8 Å². The standard InChI is InChI=1S/C18H21N4O.Ru/c1-4-17(23)21(3)14-8-9-15-16(12-14)19-13(2)20-18(15)22-10-6-5-7-11-22;/h4,6,8-9,12H,1,5,7,10-11H2,2-3H3;/q-1;+1. The SMILES string of the molecule is C=CC(=O)N(C)c1ccc2c(N3C[CH-]CCC3)nc(C)nc2c1.[Ru+]. The predicted molar refractivity (Wildman–Crippen MR) is 93.6 cm³/mol. The van der Waals surface area contributed by atoms with Gasteiger partial charge in [0.1, 0.15) is 11.6 Å². The summed E-state index contributed by atoms with van der Waals surface area (Å²) in [6.45, 7) is 7.37. The Kier molecular flexibility index (Phi) is 6.06. The van der Waals surface area contributed by atoms with Crippen molar-refractivity contribution in [2.75, 3.05) is 29.9 Å². The normalized spacial score (nSPS) is 14.2. The first-order chi connectivity index (χ1) is 11.1. The van der Waals surface area contributed by atoms with Gasteiger partial charge in [-0.05, 0) is 31.2 Å². The summed E-state index contributed by atoms with van der Waals surface area (Å²) in [7, 11) is 1.74. The van der Waals surface area contributed by atoms with Crippen LogP contribution >= 0.6 is 0 Å². The molecule has 0 bridgehead atoms. The second-order valence-corrected chi connectivity index (χ2v) is 5.77. The maximum atomic E-state index is 11.8. The van der Waals surface area contributed by atoms with Gasteiger partial charge in [-0.3, -0.25) is 4.79 Å². The summed E-state index contributed by atoms with van der Waals surface area (Å²) in [5.41, 5.74) is 1.66. The fraction of sp³-hybridized carbons (Fsp3) is 0.333. The minimum atomic E-state index is -0.138. The Morgan fingerprint density at radius 2 is 2.21 bits per heavy atom. The number of carbonyl (C=O) groups is 1. The molecule has 1 fully saturated rings. The number of likely N-dealkylation sites (N-methyl/N-ethyl adjacent to an activating group) is 1. The summed E-state index contributed by atoms with van der Waals surface area (Å²) in [6, 6.07) is 5.86. The number of anilines is 2. The molecule has 2 heterocycles. The number of rotatable bonds is 3. The van der Waals surface area contributed by atoms with E-state index in [0.29, 0.717) is 0 Å². The van der Waals surface area contributed by atoms with Crippen molar-refractivity contribution < 1.29 is 24.3 Å². The number of piperidine rings is 1. The van der Waals surface area contributed by atoms with Crippen LogP contribution in [-0.4, -0.2) is 36.0 Å². The number of aryl methyl sites for hydroxylation is 1. The van der Waals surface area contributed by atoms with Crippen molar-refractivity contribution in [3.8, 4) is 0 Å². The Morgan fingerprint density at radius 1 is 1.42 bits per heavy atom. The van der Waals surface area contributed by atoms with Crippen molar-refractivity contribution in [1.29, 1.82) is 0 Å². The quantitative estimate of drug-likeness (QED) is 0.444. The van der Waals surface area contributed by atoms with Gasteiger partial charge in [0.25, 0.3) is 0 Å². The van der Waals surface area contributed by atoms with Crippen LogP contribution in [0.5, 0.6) is 0 Å². The van der Waals surface area contributed by atoms with E-state index in [1.807, 2.05) is 25.1 Å². The third-order valence-electron chi connectivity index (χ3n) is 4.15. The first kappa shape index (κ1) is 18.5. The maximum Gasteiger partial charge on any atom is 1.00 e. The van der Waals surface area contributed by atoms with Gasteiger partial charge in [0.15, 0.2) is 0 Å². The van der Waals surface area contributed by atoms with Crippen molar-refractivity contribution >= 4 is 28.3 Å². The van der Waals surface area contributed by atoms with E-state index in [1.54, 1.807) is 11.9 Å². The van der Waals surface area contributed by atoms with Gasteiger partial charge < -0.3 is 16.2 Å². The number of amides is 1. The summed E-state index contributed by atoms with van der Waals surface area (Å²) in [4.78, 5) is 24.8. The summed E-state index contributed by atoms with van der Waals surface area (Å²) >= 11 is 0.